The third kappa shape index (κ3) is 1.62. The van der Waals surface area contributed by atoms with Crippen LogP contribution in [0.4, 0.5) is 5.69 Å². The van der Waals surface area contributed by atoms with Crippen LogP contribution in [0.15, 0.2) is 23.2 Å². The lowest BCUT2D eigenvalue weighted by Gasteiger charge is -1.99. The molecule has 0 saturated heterocycles. The van der Waals surface area contributed by atoms with E-state index in [2.05, 4.69) is 11.7 Å². The Hall–Kier alpha value is -1.35. The molecule has 1 N–H and O–H groups in total. The van der Waals surface area contributed by atoms with Gasteiger partial charge in [0.25, 0.3) is 0 Å². The van der Waals surface area contributed by atoms with Gasteiger partial charge in [-0.1, -0.05) is 11.6 Å². The van der Waals surface area contributed by atoms with Gasteiger partial charge in [0.1, 0.15) is 0 Å². The fourth-order valence-corrected chi connectivity index (χ4v) is 0.983. The summed E-state index contributed by atoms with van der Waals surface area (Å²) in [7, 11) is 0. The lowest BCUT2D eigenvalue weighted by molar-refractivity contribution is 0.0698. The zero-order valence-electron chi connectivity index (χ0n) is 6.12. The van der Waals surface area contributed by atoms with E-state index in [4.69, 9.17) is 16.7 Å². The van der Waals surface area contributed by atoms with E-state index in [1.54, 1.807) is 0 Å². The molecule has 12 heavy (non-hydrogen) atoms. The largest absolute Gasteiger partial charge is 0.478 e. The molecule has 0 unspecified atom stereocenters. The molecule has 0 fully saturated rings. The summed E-state index contributed by atoms with van der Waals surface area (Å²) in [5, 5.41) is 9.10. The highest BCUT2D eigenvalue weighted by atomic mass is 35.5. The molecule has 1 rings (SSSR count). The summed E-state index contributed by atoms with van der Waals surface area (Å²) in [5.41, 5.74) is 0.393. The van der Waals surface area contributed by atoms with Crippen LogP contribution in [-0.2, 0) is 0 Å². The van der Waals surface area contributed by atoms with Crippen LogP contribution < -0.4 is 0 Å². The molecule has 0 aliphatic heterocycles. The monoisotopic (exact) mass is 183 g/mol. The minimum Gasteiger partial charge on any atom is -0.478 e. The zero-order chi connectivity index (χ0) is 9.14. The summed E-state index contributed by atoms with van der Waals surface area (Å²) in [4.78, 5) is 14.1. The van der Waals surface area contributed by atoms with Gasteiger partial charge in [0.2, 0.25) is 0 Å². The molecule has 1 aromatic rings. The average Bonchev–Trinajstić information content (AvgIpc) is 2.03. The summed E-state index contributed by atoms with van der Waals surface area (Å²) in [6, 6.07) is 4.35. The van der Waals surface area contributed by atoms with E-state index in [1.165, 1.54) is 18.2 Å². The first-order valence-electron chi connectivity index (χ1n) is 3.14. The fourth-order valence-electron chi connectivity index (χ4n) is 0.816. The molecule has 0 bridgehead atoms. The summed E-state index contributed by atoms with van der Waals surface area (Å²) in [5.74, 6) is -1.03. The minimum absolute atomic E-state index is 0.106. The maximum atomic E-state index is 10.6. The van der Waals surface area contributed by atoms with E-state index in [9.17, 15) is 4.79 Å². The number of carboxylic acids is 1. The molecule has 0 aliphatic carbocycles. The van der Waals surface area contributed by atoms with Crippen molar-refractivity contribution in [2.45, 2.75) is 0 Å². The number of carboxylic acid groups (broad SMARTS) is 1. The smallest absolute Gasteiger partial charge is 0.337 e. The molecular formula is C8H6ClNO2. The Morgan fingerprint density at radius 1 is 1.58 bits per heavy atom. The number of nitrogens with zero attached hydrogens (tertiary/aromatic N) is 1. The van der Waals surface area contributed by atoms with Crippen LogP contribution in [0.1, 0.15) is 10.4 Å². The molecule has 0 amide bonds. The molecule has 0 saturated carbocycles. The fraction of sp³-hybridized carbons (Fsp3) is 0. The Kier molecular flexibility index (Phi) is 2.45. The summed E-state index contributed by atoms with van der Waals surface area (Å²) in [6.07, 6.45) is 0. The van der Waals surface area contributed by atoms with Gasteiger partial charge >= 0.3 is 5.97 Å². The Morgan fingerprint density at radius 3 is 2.75 bits per heavy atom. The van der Waals surface area contributed by atoms with Crippen LogP contribution in [0.5, 0.6) is 0 Å². The number of carbonyl (C=O) groups is 1. The van der Waals surface area contributed by atoms with Crippen LogP contribution in [0, 0.1) is 0 Å². The zero-order valence-corrected chi connectivity index (χ0v) is 6.88. The van der Waals surface area contributed by atoms with E-state index in [0.29, 0.717) is 5.02 Å². The normalized spacial score (nSPS) is 9.42. The second-order valence-corrected chi connectivity index (χ2v) is 2.56. The number of rotatable bonds is 2. The number of hydrogen-bond acceptors (Lipinski definition) is 2. The maximum absolute atomic E-state index is 10.6. The van der Waals surface area contributed by atoms with Crippen molar-refractivity contribution < 1.29 is 9.90 Å². The first kappa shape index (κ1) is 8.74. The van der Waals surface area contributed by atoms with Crippen LogP contribution in [0.2, 0.25) is 5.02 Å². The number of halogens is 1. The molecule has 0 heterocycles. The van der Waals surface area contributed by atoms with E-state index < -0.39 is 5.97 Å². The van der Waals surface area contributed by atoms with Crippen molar-refractivity contribution in [3.05, 3.63) is 28.8 Å². The Morgan fingerprint density at radius 2 is 2.25 bits per heavy atom. The van der Waals surface area contributed by atoms with Crippen molar-refractivity contribution in [3.8, 4) is 0 Å². The van der Waals surface area contributed by atoms with Crippen molar-refractivity contribution in [2.75, 3.05) is 0 Å². The topological polar surface area (TPSA) is 49.7 Å². The molecule has 0 atom stereocenters. The highest BCUT2D eigenvalue weighted by Crippen LogP contribution is 2.22. The standard InChI is InChI=1S/C8H6ClNO2/c1-10-7-4-5(9)2-3-6(7)8(11)12/h2-4H,1H2,(H,11,12). The second-order valence-electron chi connectivity index (χ2n) is 2.12. The van der Waals surface area contributed by atoms with Gasteiger partial charge in [0, 0.05) is 5.02 Å². The predicted octanol–water partition coefficient (Wildman–Crippen LogP) is 2.37. The molecule has 3 nitrogen and oxygen atoms in total. The predicted molar refractivity (Wildman–Crippen MR) is 47.6 cm³/mol. The minimum atomic E-state index is -1.03. The number of hydrogen-bond donors (Lipinski definition) is 1. The first-order valence-corrected chi connectivity index (χ1v) is 3.52. The van der Waals surface area contributed by atoms with Gasteiger partial charge < -0.3 is 5.11 Å². The van der Waals surface area contributed by atoms with Gasteiger partial charge in [0.05, 0.1) is 11.3 Å². The van der Waals surface area contributed by atoms with Gasteiger partial charge in [0.15, 0.2) is 0 Å². The van der Waals surface area contributed by atoms with E-state index >= 15 is 0 Å². The molecular weight excluding hydrogens is 178 g/mol. The first-order chi connectivity index (χ1) is 5.65. The molecule has 0 aromatic heterocycles. The Labute approximate surface area is 74.3 Å². The van der Waals surface area contributed by atoms with Crippen LogP contribution in [0.3, 0.4) is 0 Å². The van der Waals surface area contributed by atoms with Crippen LogP contribution in [-0.4, -0.2) is 17.8 Å². The Bertz CT molecular complexity index is 336. The number of aromatic carboxylic acids is 1. The second kappa shape index (κ2) is 3.36. The molecule has 0 radical (unpaired) electrons. The summed E-state index contributed by atoms with van der Waals surface area (Å²) < 4.78 is 0. The summed E-state index contributed by atoms with van der Waals surface area (Å²) >= 11 is 5.62. The van der Waals surface area contributed by atoms with Gasteiger partial charge in [-0.15, -0.1) is 0 Å². The molecule has 0 aliphatic rings. The highest BCUT2D eigenvalue weighted by molar-refractivity contribution is 6.31. The third-order valence-electron chi connectivity index (χ3n) is 1.36. The highest BCUT2D eigenvalue weighted by Gasteiger charge is 2.08. The molecule has 62 valence electrons. The van der Waals surface area contributed by atoms with Crippen molar-refractivity contribution in [1.29, 1.82) is 0 Å². The van der Waals surface area contributed by atoms with Crippen LogP contribution >= 0.6 is 11.6 Å². The van der Waals surface area contributed by atoms with Crippen molar-refractivity contribution in [3.63, 3.8) is 0 Å². The van der Waals surface area contributed by atoms with Gasteiger partial charge in [-0.3, -0.25) is 4.99 Å². The van der Waals surface area contributed by atoms with Gasteiger partial charge in [-0.05, 0) is 24.9 Å². The third-order valence-corrected chi connectivity index (χ3v) is 1.60. The number of aliphatic imine (C=N–C) groups is 1. The number of benzene rings is 1. The SMILES string of the molecule is C=Nc1cc(Cl)ccc1C(=O)O. The lowest BCUT2D eigenvalue weighted by Crippen LogP contribution is -1.95. The molecule has 1 aromatic carbocycles. The van der Waals surface area contributed by atoms with E-state index in [0.717, 1.165) is 0 Å². The summed E-state index contributed by atoms with van der Waals surface area (Å²) in [6.45, 7) is 3.24. The van der Waals surface area contributed by atoms with Gasteiger partial charge in [-0.2, -0.15) is 0 Å². The van der Waals surface area contributed by atoms with E-state index in [-0.39, 0.29) is 11.3 Å². The van der Waals surface area contributed by atoms with E-state index in [1.807, 2.05) is 0 Å². The molecule has 4 heteroatoms. The molecule has 0 spiro atoms. The van der Waals surface area contributed by atoms with Crippen molar-refractivity contribution in [2.24, 2.45) is 4.99 Å². The van der Waals surface area contributed by atoms with Crippen molar-refractivity contribution >= 4 is 30.0 Å². The van der Waals surface area contributed by atoms with Gasteiger partial charge in [-0.25, -0.2) is 4.79 Å². The average molecular weight is 184 g/mol. The van der Waals surface area contributed by atoms with Crippen LogP contribution in [0.25, 0.3) is 0 Å². The van der Waals surface area contributed by atoms with Crippen molar-refractivity contribution in [1.82, 2.24) is 0 Å². The maximum Gasteiger partial charge on any atom is 0.337 e. The Balaban J connectivity index is 3.29. The lowest BCUT2D eigenvalue weighted by atomic mass is 10.2. The quantitative estimate of drug-likeness (QED) is 0.716.